The Hall–Kier alpha value is -1.98. The molecule has 1 amide bonds. The number of piperidine rings is 1. The fourth-order valence-electron chi connectivity index (χ4n) is 3.17. The first kappa shape index (κ1) is 18.8. The zero-order valence-corrected chi connectivity index (χ0v) is 16.2. The summed E-state index contributed by atoms with van der Waals surface area (Å²) >= 11 is 0. The molecule has 0 spiro atoms. The van der Waals surface area contributed by atoms with Gasteiger partial charge in [0.2, 0.25) is 0 Å². The maximum Gasteiger partial charge on any atom is 0.255 e. The number of nitrogens with zero attached hydrogens (tertiary/aromatic N) is 1. The summed E-state index contributed by atoms with van der Waals surface area (Å²) in [6.07, 6.45) is 4.18. The lowest BCUT2D eigenvalue weighted by Crippen LogP contribution is -2.32. The highest BCUT2D eigenvalue weighted by atomic mass is 32.2. The van der Waals surface area contributed by atoms with E-state index >= 15 is 0 Å². The molecule has 1 N–H and O–H groups in total. The number of nitrogens with one attached hydrogen (secondary N) is 1. The van der Waals surface area contributed by atoms with Gasteiger partial charge in [-0.2, -0.15) is 0 Å². The van der Waals surface area contributed by atoms with Gasteiger partial charge in [0.05, 0.1) is 0 Å². The van der Waals surface area contributed by atoms with E-state index in [1.54, 1.807) is 30.5 Å². The number of amides is 1. The number of carbonyl (C=O) groups excluding carboxylic acids is 1. The number of anilines is 1. The van der Waals surface area contributed by atoms with Crippen LogP contribution in [0.3, 0.4) is 0 Å². The van der Waals surface area contributed by atoms with Crippen LogP contribution in [0.2, 0.25) is 0 Å². The van der Waals surface area contributed by atoms with Crippen LogP contribution in [0.4, 0.5) is 5.69 Å². The molecule has 1 atom stereocenters. The maximum absolute atomic E-state index is 12.3. The number of benzene rings is 2. The molecule has 1 fully saturated rings. The second kappa shape index (κ2) is 8.60. The molecule has 1 aliphatic heterocycles. The van der Waals surface area contributed by atoms with E-state index in [2.05, 4.69) is 29.3 Å². The second-order valence-corrected chi connectivity index (χ2v) is 8.47. The normalized spacial score (nSPS) is 17.0. The molecule has 26 heavy (non-hydrogen) atoms. The summed E-state index contributed by atoms with van der Waals surface area (Å²) in [5.74, 6) is 0.687. The molecule has 0 radical (unpaired) electrons. The number of hydrogen-bond donors (Lipinski definition) is 1. The largest absolute Gasteiger partial charge is 0.322 e. The minimum atomic E-state index is -1.03. The molecular formula is C21H26N2O2S. The van der Waals surface area contributed by atoms with Crippen molar-refractivity contribution in [2.45, 2.75) is 31.2 Å². The third kappa shape index (κ3) is 5.02. The van der Waals surface area contributed by atoms with E-state index in [1.165, 1.54) is 18.4 Å². The van der Waals surface area contributed by atoms with Crippen molar-refractivity contribution in [3.8, 4) is 0 Å². The van der Waals surface area contributed by atoms with E-state index in [4.69, 9.17) is 0 Å². The van der Waals surface area contributed by atoms with E-state index in [1.807, 2.05) is 12.1 Å². The van der Waals surface area contributed by atoms with E-state index in [0.29, 0.717) is 5.56 Å². The van der Waals surface area contributed by atoms with Gasteiger partial charge in [-0.25, -0.2) is 0 Å². The molecular weight excluding hydrogens is 344 g/mol. The number of carbonyl (C=O) groups is 1. The number of hydrogen-bond acceptors (Lipinski definition) is 3. The molecule has 0 aliphatic carbocycles. The third-order valence-electron chi connectivity index (χ3n) is 4.94. The molecule has 4 nitrogen and oxygen atoms in total. The Morgan fingerprint density at radius 2 is 1.69 bits per heavy atom. The van der Waals surface area contributed by atoms with Crippen LogP contribution in [0.15, 0.2) is 53.4 Å². The average Bonchev–Trinajstić information content (AvgIpc) is 2.65. The van der Waals surface area contributed by atoms with Gasteiger partial charge in [-0.05, 0) is 73.8 Å². The van der Waals surface area contributed by atoms with Gasteiger partial charge in [-0.1, -0.05) is 19.1 Å². The molecule has 138 valence electrons. The molecule has 1 aliphatic rings. The van der Waals surface area contributed by atoms with Crippen molar-refractivity contribution in [2.24, 2.45) is 5.92 Å². The predicted molar refractivity (Wildman–Crippen MR) is 107 cm³/mol. The summed E-state index contributed by atoms with van der Waals surface area (Å²) in [4.78, 5) is 15.5. The van der Waals surface area contributed by atoms with Crippen molar-refractivity contribution in [1.82, 2.24) is 4.90 Å². The van der Waals surface area contributed by atoms with Gasteiger partial charge in [0.15, 0.2) is 0 Å². The highest BCUT2D eigenvalue weighted by Crippen LogP contribution is 2.19. The van der Waals surface area contributed by atoms with Crippen molar-refractivity contribution in [2.75, 3.05) is 24.7 Å². The Balaban J connectivity index is 1.56. The fourth-order valence-corrected chi connectivity index (χ4v) is 3.69. The third-order valence-corrected chi connectivity index (χ3v) is 5.88. The van der Waals surface area contributed by atoms with Crippen LogP contribution in [-0.2, 0) is 17.3 Å². The van der Waals surface area contributed by atoms with Gasteiger partial charge in [-0.3, -0.25) is 13.9 Å². The lowest BCUT2D eigenvalue weighted by atomic mass is 9.99. The summed E-state index contributed by atoms with van der Waals surface area (Å²) in [6.45, 7) is 5.62. The lowest BCUT2D eigenvalue weighted by molar-refractivity contribution is 0.102. The van der Waals surface area contributed by atoms with Gasteiger partial charge in [0, 0.05) is 39.7 Å². The monoisotopic (exact) mass is 370 g/mol. The van der Waals surface area contributed by atoms with Crippen LogP contribution in [0.5, 0.6) is 0 Å². The van der Waals surface area contributed by atoms with Crippen molar-refractivity contribution in [3.05, 3.63) is 59.7 Å². The molecule has 1 heterocycles. The summed E-state index contributed by atoms with van der Waals surface area (Å²) in [5, 5.41) is 2.92. The quantitative estimate of drug-likeness (QED) is 0.868. The summed E-state index contributed by atoms with van der Waals surface area (Å²) in [5.41, 5.74) is 2.62. The minimum absolute atomic E-state index is 0.156. The van der Waals surface area contributed by atoms with Gasteiger partial charge in [0.25, 0.3) is 5.91 Å². The Morgan fingerprint density at radius 1 is 1.08 bits per heavy atom. The maximum atomic E-state index is 12.3. The minimum Gasteiger partial charge on any atom is -0.322 e. The molecule has 2 aromatic carbocycles. The Bertz CT molecular complexity index is 764. The van der Waals surface area contributed by atoms with E-state index < -0.39 is 10.8 Å². The van der Waals surface area contributed by atoms with Gasteiger partial charge in [-0.15, -0.1) is 0 Å². The van der Waals surface area contributed by atoms with Crippen LogP contribution >= 0.6 is 0 Å². The average molecular weight is 371 g/mol. The Labute approximate surface area is 158 Å². The first-order valence-electron chi connectivity index (χ1n) is 9.07. The van der Waals surface area contributed by atoms with Crippen LogP contribution in [-0.4, -0.2) is 34.4 Å². The van der Waals surface area contributed by atoms with E-state index in [9.17, 15) is 9.00 Å². The highest BCUT2D eigenvalue weighted by molar-refractivity contribution is 7.84. The highest BCUT2D eigenvalue weighted by Gasteiger charge is 2.15. The molecule has 0 bridgehead atoms. The van der Waals surface area contributed by atoms with E-state index in [0.717, 1.165) is 36.1 Å². The zero-order valence-electron chi connectivity index (χ0n) is 15.4. The fraction of sp³-hybridized carbons (Fsp3) is 0.381. The van der Waals surface area contributed by atoms with Crippen LogP contribution in [0.1, 0.15) is 35.7 Å². The molecule has 0 saturated carbocycles. The molecule has 2 aromatic rings. The molecule has 0 aromatic heterocycles. The zero-order chi connectivity index (χ0) is 18.5. The number of likely N-dealkylation sites (tertiary alicyclic amines) is 1. The van der Waals surface area contributed by atoms with Crippen LogP contribution in [0, 0.1) is 5.92 Å². The van der Waals surface area contributed by atoms with Crippen molar-refractivity contribution in [3.63, 3.8) is 0 Å². The molecule has 5 heteroatoms. The van der Waals surface area contributed by atoms with Crippen LogP contribution < -0.4 is 5.32 Å². The smallest absolute Gasteiger partial charge is 0.255 e. The first-order chi connectivity index (χ1) is 12.5. The van der Waals surface area contributed by atoms with Gasteiger partial charge >= 0.3 is 0 Å². The van der Waals surface area contributed by atoms with Crippen molar-refractivity contribution >= 4 is 22.4 Å². The lowest BCUT2D eigenvalue weighted by Gasteiger charge is -2.30. The van der Waals surface area contributed by atoms with Gasteiger partial charge < -0.3 is 5.32 Å². The van der Waals surface area contributed by atoms with E-state index in [-0.39, 0.29) is 5.91 Å². The Morgan fingerprint density at radius 3 is 2.27 bits per heavy atom. The summed E-state index contributed by atoms with van der Waals surface area (Å²) < 4.78 is 11.4. The SMILES string of the molecule is CC1CCN(Cc2ccc(NC(=O)c3ccc(S(C)=O)cc3)cc2)CC1. The standard InChI is InChI=1S/C21H26N2O2S/c1-16-11-13-23(14-12-16)15-17-3-7-19(8-4-17)22-21(24)18-5-9-20(10-6-18)26(2)25/h3-10,16H,11-15H2,1-2H3,(H,22,24). The Kier molecular flexibility index (Phi) is 6.22. The van der Waals surface area contributed by atoms with Gasteiger partial charge in [0.1, 0.15) is 0 Å². The summed E-state index contributed by atoms with van der Waals surface area (Å²) in [7, 11) is -1.03. The summed E-state index contributed by atoms with van der Waals surface area (Å²) in [6, 6.07) is 14.9. The second-order valence-electron chi connectivity index (χ2n) is 7.09. The first-order valence-corrected chi connectivity index (χ1v) is 10.6. The predicted octanol–water partition coefficient (Wildman–Crippen LogP) is 3.91. The molecule has 1 unspecified atom stereocenters. The number of rotatable bonds is 5. The molecule has 1 saturated heterocycles. The van der Waals surface area contributed by atoms with Crippen molar-refractivity contribution in [1.29, 1.82) is 0 Å². The van der Waals surface area contributed by atoms with Crippen LogP contribution in [0.25, 0.3) is 0 Å². The van der Waals surface area contributed by atoms with Crippen molar-refractivity contribution < 1.29 is 9.00 Å². The topological polar surface area (TPSA) is 49.4 Å². The molecule has 3 rings (SSSR count).